The normalized spacial score (nSPS) is 11.8. The minimum atomic E-state index is -0.324. The molecule has 0 saturated heterocycles. The van der Waals surface area contributed by atoms with Crippen LogP contribution in [0.2, 0.25) is 0 Å². The molecular weight excluding hydrogens is 243 g/mol. The van der Waals surface area contributed by atoms with E-state index in [1.54, 1.807) is 24.4 Å². The van der Waals surface area contributed by atoms with Crippen molar-refractivity contribution < 1.29 is 4.39 Å². The molecule has 0 aliphatic rings. The van der Waals surface area contributed by atoms with Gasteiger partial charge in [0.15, 0.2) is 0 Å². The van der Waals surface area contributed by atoms with Crippen LogP contribution in [0, 0.1) is 17.1 Å². The number of nitrogens with one attached hydrogen (secondary N) is 1. The predicted octanol–water partition coefficient (Wildman–Crippen LogP) is 2.34. The summed E-state index contributed by atoms with van der Waals surface area (Å²) in [4.78, 5) is 8.16. The van der Waals surface area contributed by atoms with Crippen LogP contribution in [0.3, 0.4) is 0 Å². The molecule has 0 fully saturated rings. The van der Waals surface area contributed by atoms with Crippen molar-refractivity contribution in [2.24, 2.45) is 0 Å². The molecule has 2 heterocycles. The van der Waals surface area contributed by atoms with Crippen molar-refractivity contribution in [1.82, 2.24) is 15.3 Å². The van der Waals surface area contributed by atoms with Crippen molar-refractivity contribution in [3.63, 3.8) is 0 Å². The van der Waals surface area contributed by atoms with Crippen LogP contribution < -0.4 is 5.32 Å². The van der Waals surface area contributed by atoms with Crippen LogP contribution >= 0.6 is 0 Å². The smallest absolute Gasteiger partial charge is 0.146 e. The molecule has 5 heteroatoms. The van der Waals surface area contributed by atoms with Crippen molar-refractivity contribution in [1.29, 1.82) is 5.26 Å². The number of nitrogens with zero attached hydrogens (tertiary/aromatic N) is 3. The number of hydrogen-bond acceptors (Lipinski definition) is 4. The molecule has 0 aromatic carbocycles. The lowest BCUT2D eigenvalue weighted by atomic mass is 10.2. The van der Waals surface area contributed by atoms with Gasteiger partial charge in [0.1, 0.15) is 11.9 Å². The summed E-state index contributed by atoms with van der Waals surface area (Å²) in [7, 11) is 0. The lowest BCUT2D eigenvalue weighted by Gasteiger charge is -2.13. The number of rotatable bonds is 4. The Morgan fingerprint density at radius 3 is 2.84 bits per heavy atom. The van der Waals surface area contributed by atoms with Crippen molar-refractivity contribution in [2.75, 3.05) is 0 Å². The van der Waals surface area contributed by atoms with Gasteiger partial charge >= 0.3 is 0 Å². The van der Waals surface area contributed by atoms with Gasteiger partial charge < -0.3 is 5.32 Å². The van der Waals surface area contributed by atoms with Gasteiger partial charge in [0, 0.05) is 25.0 Å². The molecule has 0 spiro atoms. The molecule has 1 N–H and O–H groups in total. The van der Waals surface area contributed by atoms with E-state index >= 15 is 0 Å². The highest BCUT2D eigenvalue weighted by Crippen LogP contribution is 2.13. The third-order valence-corrected chi connectivity index (χ3v) is 2.74. The fourth-order valence-corrected chi connectivity index (χ4v) is 1.67. The van der Waals surface area contributed by atoms with E-state index in [4.69, 9.17) is 5.26 Å². The van der Waals surface area contributed by atoms with Crippen LogP contribution in [-0.2, 0) is 6.54 Å². The van der Waals surface area contributed by atoms with Crippen molar-refractivity contribution in [2.45, 2.75) is 19.5 Å². The second-order valence-corrected chi connectivity index (χ2v) is 4.12. The molecule has 96 valence electrons. The Bertz CT molecular complexity index is 589. The average Bonchev–Trinajstić information content (AvgIpc) is 2.46. The van der Waals surface area contributed by atoms with Crippen molar-refractivity contribution >= 4 is 0 Å². The van der Waals surface area contributed by atoms with Gasteiger partial charge in [0.05, 0.1) is 17.0 Å². The van der Waals surface area contributed by atoms with Crippen LogP contribution in [-0.4, -0.2) is 9.97 Å². The highest BCUT2D eigenvalue weighted by atomic mass is 19.1. The molecular formula is C14H13FN4. The van der Waals surface area contributed by atoms with Gasteiger partial charge in [-0.2, -0.15) is 5.26 Å². The maximum atomic E-state index is 13.5. The molecule has 4 nitrogen and oxygen atoms in total. The Hall–Kier alpha value is -2.32. The first kappa shape index (κ1) is 13.1. The van der Waals surface area contributed by atoms with Crippen molar-refractivity contribution in [3.8, 4) is 6.07 Å². The molecule has 2 aromatic heterocycles. The Morgan fingerprint density at radius 1 is 1.37 bits per heavy atom. The highest BCUT2D eigenvalue weighted by Gasteiger charge is 2.11. The zero-order valence-electron chi connectivity index (χ0n) is 10.5. The summed E-state index contributed by atoms with van der Waals surface area (Å²) in [5, 5.41) is 11.8. The van der Waals surface area contributed by atoms with E-state index in [9.17, 15) is 4.39 Å². The molecule has 0 aliphatic carbocycles. The second-order valence-electron chi connectivity index (χ2n) is 4.12. The van der Waals surface area contributed by atoms with Crippen LogP contribution in [0.1, 0.15) is 29.9 Å². The Kier molecular flexibility index (Phi) is 4.16. The zero-order chi connectivity index (χ0) is 13.7. The van der Waals surface area contributed by atoms with Gasteiger partial charge in [-0.1, -0.05) is 0 Å². The first-order valence-electron chi connectivity index (χ1n) is 5.89. The molecule has 0 amide bonds. The van der Waals surface area contributed by atoms with E-state index in [1.165, 1.54) is 12.3 Å². The number of aromatic nitrogens is 2. The van der Waals surface area contributed by atoms with Crippen LogP contribution in [0.5, 0.6) is 0 Å². The maximum absolute atomic E-state index is 13.5. The number of nitriles is 1. The third kappa shape index (κ3) is 3.33. The van der Waals surface area contributed by atoms with Gasteiger partial charge in [0.25, 0.3) is 0 Å². The Labute approximate surface area is 110 Å². The summed E-state index contributed by atoms with van der Waals surface area (Å²) < 4.78 is 13.5. The maximum Gasteiger partial charge on any atom is 0.146 e. The lowest BCUT2D eigenvalue weighted by Crippen LogP contribution is -2.20. The van der Waals surface area contributed by atoms with Gasteiger partial charge in [-0.15, -0.1) is 0 Å². The molecule has 2 aromatic rings. The fourth-order valence-electron chi connectivity index (χ4n) is 1.67. The lowest BCUT2D eigenvalue weighted by molar-refractivity contribution is 0.509. The Balaban J connectivity index is 1.98. The molecule has 0 bridgehead atoms. The van der Waals surface area contributed by atoms with E-state index < -0.39 is 0 Å². The van der Waals surface area contributed by atoms with Crippen LogP contribution in [0.15, 0.2) is 36.7 Å². The summed E-state index contributed by atoms with van der Waals surface area (Å²) in [6.07, 6.45) is 3.08. The molecule has 0 aliphatic heterocycles. The third-order valence-electron chi connectivity index (χ3n) is 2.74. The molecule has 19 heavy (non-hydrogen) atoms. The summed E-state index contributed by atoms with van der Waals surface area (Å²) in [6, 6.07) is 8.23. The quantitative estimate of drug-likeness (QED) is 0.912. The minimum absolute atomic E-state index is 0.210. The predicted molar refractivity (Wildman–Crippen MR) is 68.4 cm³/mol. The molecule has 1 unspecified atom stereocenters. The summed E-state index contributed by atoms with van der Waals surface area (Å²) in [5.41, 5.74) is 1.70. The Morgan fingerprint density at radius 2 is 2.21 bits per heavy atom. The number of hydrogen-bond donors (Lipinski definition) is 1. The minimum Gasteiger partial charge on any atom is -0.303 e. The van der Waals surface area contributed by atoms with E-state index in [2.05, 4.69) is 15.3 Å². The zero-order valence-corrected chi connectivity index (χ0v) is 10.5. The summed E-state index contributed by atoms with van der Waals surface area (Å²) in [6.45, 7) is 2.33. The molecule has 0 radical (unpaired) electrons. The van der Waals surface area contributed by atoms with E-state index in [0.717, 1.165) is 5.69 Å². The summed E-state index contributed by atoms with van der Waals surface area (Å²) in [5.74, 6) is -0.324. The van der Waals surface area contributed by atoms with Gasteiger partial charge in [-0.3, -0.25) is 9.97 Å². The largest absolute Gasteiger partial charge is 0.303 e. The number of halogens is 1. The molecule has 1 atom stereocenters. The second kappa shape index (κ2) is 6.03. The average molecular weight is 256 g/mol. The van der Waals surface area contributed by atoms with E-state index in [0.29, 0.717) is 17.8 Å². The summed E-state index contributed by atoms with van der Waals surface area (Å²) >= 11 is 0. The fraction of sp³-hybridized carbons (Fsp3) is 0.214. The van der Waals surface area contributed by atoms with Crippen LogP contribution in [0.25, 0.3) is 0 Å². The van der Waals surface area contributed by atoms with E-state index in [-0.39, 0.29) is 11.9 Å². The van der Waals surface area contributed by atoms with Gasteiger partial charge in [0.2, 0.25) is 0 Å². The van der Waals surface area contributed by atoms with Gasteiger partial charge in [-0.25, -0.2) is 4.39 Å². The highest BCUT2D eigenvalue weighted by molar-refractivity contribution is 5.26. The van der Waals surface area contributed by atoms with Gasteiger partial charge in [-0.05, 0) is 31.2 Å². The standard InChI is InChI=1S/C14H13FN4/c1-10(14-13(15)3-2-6-17-14)18-9-12-5-4-11(7-16)8-19-12/h2-6,8,10,18H,9H2,1H3. The topological polar surface area (TPSA) is 61.6 Å². The first-order valence-corrected chi connectivity index (χ1v) is 5.89. The monoisotopic (exact) mass is 256 g/mol. The SMILES string of the molecule is CC(NCc1ccc(C#N)cn1)c1ncccc1F. The van der Waals surface area contributed by atoms with Crippen LogP contribution in [0.4, 0.5) is 4.39 Å². The van der Waals surface area contributed by atoms with E-state index in [1.807, 2.05) is 13.0 Å². The number of pyridine rings is 2. The molecule has 2 rings (SSSR count). The molecule has 0 saturated carbocycles. The van der Waals surface area contributed by atoms with Crippen molar-refractivity contribution in [3.05, 3.63) is 59.4 Å². The first-order chi connectivity index (χ1) is 9.20.